The Labute approximate surface area is 256 Å². The highest BCUT2D eigenvalue weighted by Crippen LogP contribution is 2.37. The summed E-state index contributed by atoms with van der Waals surface area (Å²) in [6, 6.07) is 15.1. The summed E-state index contributed by atoms with van der Waals surface area (Å²) in [5.74, 6) is 0.947. The summed E-state index contributed by atoms with van der Waals surface area (Å²) < 4.78 is 28.4. The SMILES string of the molecule is CC1CCN(C2CCN(CCS(=O)(=O)N3CCC(c4c[nH]c5c(CC(N)=O)cc(-c6ccccc6)cc45)CC3)CC2)CC1. The van der Waals surface area contributed by atoms with Crippen LogP contribution in [0.15, 0.2) is 48.7 Å². The predicted octanol–water partition coefficient (Wildman–Crippen LogP) is 4.57. The minimum atomic E-state index is -3.30. The molecule has 3 aromatic rings. The van der Waals surface area contributed by atoms with Crippen molar-refractivity contribution in [2.75, 3.05) is 51.6 Å². The minimum absolute atomic E-state index is 0.170. The van der Waals surface area contributed by atoms with Gasteiger partial charge < -0.3 is 20.5 Å². The van der Waals surface area contributed by atoms with Gasteiger partial charge in [0.25, 0.3) is 0 Å². The first-order valence-electron chi connectivity index (χ1n) is 16.2. The summed E-state index contributed by atoms with van der Waals surface area (Å²) in [5.41, 5.74) is 10.8. The molecule has 3 aliphatic rings. The first-order valence-corrected chi connectivity index (χ1v) is 17.8. The molecule has 0 unspecified atom stereocenters. The number of sulfonamides is 1. The predicted molar refractivity (Wildman–Crippen MR) is 173 cm³/mol. The van der Waals surface area contributed by atoms with Crippen LogP contribution in [0.5, 0.6) is 0 Å². The second-order valence-electron chi connectivity index (χ2n) is 13.1. The average Bonchev–Trinajstić information content (AvgIpc) is 3.45. The summed E-state index contributed by atoms with van der Waals surface area (Å²) in [5, 5.41) is 1.10. The number of fused-ring (bicyclic) bond motifs is 1. The number of rotatable bonds is 9. The number of aromatic nitrogens is 1. The number of carbonyl (C=O) groups is 1. The van der Waals surface area contributed by atoms with Gasteiger partial charge in [-0.3, -0.25) is 4.79 Å². The molecule has 2 aromatic carbocycles. The topological polar surface area (TPSA) is 103 Å². The number of amides is 1. The van der Waals surface area contributed by atoms with Gasteiger partial charge in [-0.15, -0.1) is 0 Å². The zero-order valence-corrected chi connectivity index (χ0v) is 26.3. The zero-order valence-electron chi connectivity index (χ0n) is 25.5. The first kappa shape index (κ1) is 30.3. The Hall–Kier alpha value is -2.72. The molecule has 1 aromatic heterocycles. The Bertz CT molecular complexity index is 1500. The standard InChI is InChI=1S/C34H47N5O3S/c1-25-7-15-38(16-8-25)30-11-13-37(14-12-30)19-20-43(41,42)39-17-9-27(10-18-39)32-24-36-34-29(23-33(35)40)21-28(22-31(32)34)26-5-3-2-4-6-26/h2-6,21-22,24-25,27,30,36H,7-20,23H2,1H3,(H2,35,40). The number of carbonyl (C=O) groups excluding carboxylic acids is 1. The summed E-state index contributed by atoms with van der Waals surface area (Å²) in [6.45, 7) is 8.50. The van der Waals surface area contributed by atoms with Gasteiger partial charge in [-0.25, -0.2) is 12.7 Å². The molecule has 0 spiro atoms. The fourth-order valence-corrected chi connectivity index (χ4v) is 9.02. The van der Waals surface area contributed by atoms with Gasteiger partial charge in [0, 0.05) is 42.8 Å². The fourth-order valence-electron chi connectivity index (χ4n) is 7.51. The van der Waals surface area contributed by atoms with Gasteiger partial charge in [-0.2, -0.15) is 0 Å². The number of H-pyrrole nitrogens is 1. The highest BCUT2D eigenvalue weighted by atomic mass is 32.2. The van der Waals surface area contributed by atoms with Gasteiger partial charge >= 0.3 is 0 Å². The summed E-state index contributed by atoms with van der Waals surface area (Å²) in [7, 11) is -3.30. The number of hydrogen-bond donors (Lipinski definition) is 2. The minimum Gasteiger partial charge on any atom is -0.369 e. The number of aromatic amines is 1. The van der Waals surface area contributed by atoms with E-state index in [1.165, 1.54) is 31.5 Å². The summed E-state index contributed by atoms with van der Waals surface area (Å²) >= 11 is 0. The molecule has 3 N–H and O–H groups in total. The molecular weight excluding hydrogens is 558 g/mol. The maximum Gasteiger partial charge on any atom is 0.221 e. The van der Waals surface area contributed by atoms with Gasteiger partial charge in [0.1, 0.15) is 0 Å². The van der Waals surface area contributed by atoms with Crippen LogP contribution in [0, 0.1) is 5.92 Å². The smallest absolute Gasteiger partial charge is 0.221 e. The molecule has 9 heteroatoms. The maximum absolute atomic E-state index is 13.4. The van der Waals surface area contributed by atoms with E-state index in [0.29, 0.717) is 25.7 Å². The largest absolute Gasteiger partial charge is 0.369 e. The number of nitrogens with zero attached hydrogens (tertiary/aromatic N) is 3. The van der Waals surface area contributed by atoms with Gasteiger partial charge in [-0.1, -0.05) is 37.3 Å². The molecular formula is C34H47N5O3S. The van der Waals surface area contributed by atoms with Crippen LogP contribution in [0.1, 0.15) is 62.5 Å². The van der Waals surface area contributed by atoms with E-state index in [1.54, 1.807) is 4.31 Å². The molecule has 0 saturated carbocycles. The highest BCUT2D eigenvalue weighted by Gasteiger charge is 2.32. The molecule has 232 valence electrons. The van der Waals surface area contributed by atoms with Crippen LogP contribution >= 0.6 is 0 Å². The second kappa shape index (κ2) is 13.1. The van der Waals surface area contributed by atoms with E-state index in [0.717, 1.165) is 72.3 Å². The normalized spacial score (nSPS) is 21.0. The van der Waals surface area contributed by atoms with Crippen LogP contribution in [0.25, 0.3) is 22.0 Å². The molecule has 4 heterocycles. The van der Waals surface area contributed by atoms with Gasteiger partial charge in [0.05, 0.1) is 12.2 Å². The van der Waals surface area contributed by atoms with Crippen molar-refractivity contribution >= 4 is 26.8 Å². The summed E-state index contributed by atoms with van der Waals surface area (Å²) in [6.07, 6.45) is 8.70. The Balaban J connectivity index is 1.06. The lowest BCUT2D eigenvalue weighted by Crippen LogP contribution is -2.49. The third-order valence-electron chi connectivity index (χ3n) is 10.2. The van der Waals surface area contributed by atoms with Crippen LogP contribution < -0.4 is 5.73 Å². The Kier molecular flexibility index (Phi) is 9.24. The quantitative estimate of drug-likeness (QED) is 0.372. The van der Waals surface area contributed by atoms with Crippen LogP contribution in [-0.2, 0) is 21.2 Å². The lowest BCUT2D eigenvalue weighted by Gasteiger charge is -2.41. The van der Waals surface area contributed by atoms with Crippen molar-refractivity contribution in [3.05, 3.63) is 59.8 Å². The number of hydrogen-bond acceptors (Lipinski definition) is 5. The number of nitrogens with one attached hydrogen (secondary N) is 1. The van der Waals surface area contributed by atoms with Crippen LogP contribution in [0.3, 0.4) is 0 Å². The van der Waals surface area contributed by atoms with Crippen LogP contribution in [0.2, 0.25) is 0 Å². The van der Waals surface area contributed by atoms with Crippen LogP contribution in [0.4, 0.5) is 0 Å². The molecule has 3 fully saturated rings. The van der Waals surface area contributed by atoms with Gasteiger partial charge in [-0.05, 0) is 111 Å². The lowest BCUT2D eigenvalue weighted by atomic mass is 9.88. The van der Waals surface area contributed by atoms with Crippen molar-refractivity contribution in [1.82, 2.24) is 19.1 Å². The second-order valence-corrected chi connectivity index (χ2v) is 15.2. The van der Waals surface area contributed by atoms with E-state index in [2.05, 4.69) is 46.0 Å². The molecule has 0 bridgehead atoms. The molecule has 6 rings (SSSR count). The molecule has 3 aliphatic heterocycles. The van der Waals surface area contributed by atoms with Crippen molar-refractivity contribution in [1.29, 1.82) is 0 Å². The van der Waals surface area contributed by atoms with E-state index in [1.807, 2.05) is 24.4 Å². The number of likely N-dealkylation sites (tertiary alicyclic amines) is 2. The third-order valence-corrected chi connectivity index (χ3v) is 12.1. The highest BCUT2D eigenvalue weighted by molar-refractivity contribution is 7.89. The Morgan fingerprint density at radius 1 is 0.907 bits per heavy atom. The fraction of sp³-hybridized carbons (Fsp3) is 0.559. The summed E-state index contributed by atoms with van der Waals surface area (Å²) in [4.78, 5) is 20.3. The number of primary amides is 1. The van der Waals surface area contributed by atoms with E-state index in [-0.39, 0.29) is 24.0 Å². The van der Waals surface area contributed by atoms with E-state index < -0.39 is 10.0 Å². The maximum atomic E-state index is 13.4. The van der Waals surface area contributed by atoms with Crippen molar-refractivity contribution in [3.63, 3.8) is 0 Å². The monoisotopic (exact) mass is 605 g/mol. The third kappa shape index (κ3) is 7.00. The molecule has 0 radical (unpaired) electrons. The Morgan fingerprint density at radius 3 is 2.28 bits per heavy atom. The molecule has 43 heavy (non-hydrogen) atoms. The molecule has 0 atom stereocenters. The Morgan fingerprint density at radius 2 is 1.60 bits per heavy atom. The van der Waals surface area contributed by atoms with E-state index >= 15 is 0 Å². The molecule has 3 saturated heterocycles. The van der Waals surface area contributed by atoms with Crippen molar-refractivity contribution in [2.24, 2.45) is 11.7 Å². The van der Waals surface area contributed by atoms with Gasteiger partial charge in [0.15, 0.2) is 0 Å². The molecule has 8 nitrogen and oxygen atoms in total. The number of benzene rings is 2. The first-order chi connectivity index (χ1) is 20.8. The van der Waals surface area contributed by atoms with Crippen LogP contribution in [-0.4, -0.2) is 91.0 Å². The van der Waals surface area contributed by atoms with E-state index in [9.17, 15) is 13.2 Å². The van der Waals surface area contributed by atoms with Crippen molar-refractivity contribution in [3.8, 4) is 11.1 Å². The van der Waals surface area contributed by atoms with Crippen molar-refractivity contribution < 1.29 is 13.2 Å². The lowest BCUT2D eigenvalue weighted by molar-refractivity contribution is -0.117. The number of nitrogens with two attached hydrogens (primary N) is 1. The average molecular weight is 606 g/mol. The molecule has 0 aliphatic carbocycles. The molecule has 1 amide bonds. The van der Waals surface area contributed by atoms with Gasteiger partial charge in [0.2, 0.25) is 15.9 Å². The zero-order chi connectivity index (χ0) is 30.0. The van der Waals surface area contributed by atoms with Crippen molar-refractivity contribution in [2.45, 2.75) is 63.8 Å². The van der Waals surface area contributed by atoms with E-state index in [4.69, 9.17) is 5.73 Å². The number of piperidine rings is 3.